The number of esters is 4. The number of benzene rings is 2. The van der Waals surface area contributed by atoms with Gasteiger partial charge in [-0.05, 0) is 41.3 Å². The highest BCUT2D eigenvalue weighted by Gasteiger charge is 2.52. The van der Waals surface area contributed by atoms with Crippen LogP contribution in [0, 0.1) is 0 Å². The summed E-state index contributed by atoms with van der Waals surface area (Å²) in [5.41, 5.74) is 2.23. The van der Waals surface area contributed by atoms with E-state index in [1.54, 1.807) is 25.1 Å². The number of amides is 1. The van der Waals surface area contributed by atoms with Gasteiger partial charge in [0.05, 0.1) is 0 Å². The molecule has 0 saturated carbocycles. The Morgan fingerprint density at radius 3 is 1.96 bits per heavy atom. The van der Waals surface area contributed by atoms with Crippen molar-refractivity contribution in [2.75, 3.05) is 19.7 Å². The molecule has 0 bridgehead atoms. The zero-order valence-electron chi connectivity index (χ0n) is 27.1. The Hall–Kier alpha value is -4.16. The Labute approximate surface area is 278 Å². The molecule has 2 aromatic carbocycles. The van der Waals surface area contributed by atoms with E-state index in [0.717, 1.165) is 29.7 Å². The fourth-order valence-electron chi connectivity index (χ4n) is 5.79. The second kappa shape index (κ2) is 16.1. The predicted octanol–water partition coefficient (Wildman–Crippen LogP) is 4.12. The van der Waals surface area contributed by atoms with E-state index in [0.29, 0.717) is 30.1 Å². The van der Waals surface area contributed by atoms with Crippen molar-refractivity contribution in [3.05, 3.63) is 64.2 Å². The lowest BCUT2D eigenvalue weighted by atomic mass is 9.89. The van der Waals surface area contributed by atoms with Crippen molar-refractivity contribution in [2.24, 2.45) is 0 Å². The first-order chi connectivity index (χ1) is 22.3. The van der Waals surface area contributed by atoms with Crippen LogP contribution in [0.3, 0.4) is 0 Å². The molecule has 2 saturated heterocycles. The molecule has 0 aliphatic carbocycles. The molecule has 0 unspecified atom stereocenters. The second-order valence-electron chi connectivity index (χ2n) is 11.6. The number of piperidine rings is 1. The van der Waals surface area contributed by atoms with E-state index >= 15 is 0 Å². The second-order valence-corrected chi connectivity index (χ2v) is 12.0. The minimum absolute atomic E-state index is 0.0316. The van der Waals surface area contributed by atoms with E-state index in [9.17, 15) is 24.0 Å². The number of nitrogens with zero attached hydrogens (tertiary/aromatic N) is 1. The van der Waals surface area contributed by atoms with Gasteiger partial charge in [0.1, 0.15) is 30.7 Å². The monoisotopic (exact) mass is 673 g/mol. The van der Waals surface area contributed by atoms with E-state index in [-0.39, 0.29) is 18.6 Å². The predicted molar refractivity (Wildman–Crippen MR) is 168 cm³/mol. The third-order valence-electron chi connectivity index (χ3n) is 7.90. The summed E-state index contributed by atoms with van der Waals surface area (Å²) in [7, 11) is 0. The lowest BCUT2D eigenvalue weighted by molar-refractivity contribution is -0.254. The Morgan fingerprint density at radius 1 is 0.787 bits per heavy atom. The first kappa shape index (κ1) is 35.7. The number of carbonyl (C=O) groups excluding carboxylic acids is 5. The van der Waals surface area contributed by atoms with Crippen molar-refractivity contribution in [3.8, 4) is 5.75 Å². The Bertz CT molecular complexity index is 1450. The molecule has 2 aromatic rings. The molecular weight excluding hydrogens is 634 g/mol. The molecule has 13 heteroatoms. The summed E-state index contributed by atoms with van der Waals surface area (Å²) >= 11 is 6.63. The molecule has 0 N–H and O–H groups in total. The average molecular weight is 674 g/mol. The zero-order chi connectivity index (χ0) is 34.2. The van der Waals surface area contributed by atoms with E-state index < -0.39 is 54.4 Å². The van der Waals surface area contributed by atoms with E-state index in [2.05, 4.69) is 0 Å². The summed E-state index contributed by atoms with van der Waals surface area (Å²) in [6.07, 6.45) is -3.82. The van der Waals surface area contributed by atoms with Crippen LogP contribution >= 0.6 is 11.6 Å². The molecule has 1 amide bonds. The molecule has 2 aliphatic heterocycles. The van der Waals surface area contributed by atoms with Crippen LogP contribution in [0.1, 0.15) is 70.3 Å². The molecule has 2 heterocycles. The van der Waals surface area contributed by atoms with Gasteiger partial charge in [-0.25, -0.2) is 0 Å². The maximum Gasteiger partial charge on any atom is 0.303 e. The maximum absolute atomic E-state index is 12.3. The molecule has 12 nitrogen and oxygen atoms in total. The standard InChI is InChI=1S/C34H40ClNO11/c1-19(37)36-14-12-28(13-15-36)46-27-9-6-24(7-10-27)16-26-17-25(8-11-29(26)35)31-33(44-22(4)40)34(45-23(5)41)32(43-21(3)39)30(47-31)18-42-20(2)38/h6-11,17,28,30-34H,12-16,18H2,1-5H3/t30-,31+,32-,33+,34+/m1/s1. The highest BCUT2D eigenvalue weighted by molar-refractivity contribution is 6.31. The number of likely N-dealkylation sites (tertiary alicyclic amines) is 1. The van der Waals surface area contributed by atoms with Gasteiger partial charge in [-0.15, -0.1) is 0 Å². The quantitative estimate of drug-likeness (QED) is 0.265. The van der Waals surface area contributed by atoms with Crippen LogP contribution in [-0.2, 0) is 54.1 Å². The van der Waals surface area contributed by atoms with Crippen LogP contribution < -0.4 is 4.74 Å². The van der Waals surface area contributed by atoms with Crippen LogP contribution in [0.15, 0.2) is 42.5 Å². The molecule has 0 radical (unpaired) electrons. The van der Waals surface area contributed by atoms with Crippen LogP contribution in [0.4, 0.5) is 0 Å². The number of ether oxygens (including phenoxy) is 6. The van der Waals surface area contributed by atoms with Gasteiger partial charge in [0, 0.05) is 65.6 Å². The highest BCUT2D eigenvalue weighted by Crippen LogP contribution is 2.39. The smallest absolute Gasteiger partial charge is 0.303 e. The fraction of sp³-hybridized carbons (Fsp3) is 0.500. The van der Waals surface area contributed by atoms with Gasteiger partial charge in [-0.2, -0.15) is 0 Å². The number of hydrogen-bond donors (Lipinski definition) is 0. The minimum Gasteiger partial charge on any atom is -0.490 e. The number of hydrogen-bond acceptors (Lipinski definition) is 11. The van der Waals surface area contributed by atoms with Crippen molar-refractivity contribution >= 4 is 41.4 Å². The molecule has 47 heavy (non-hydrogen) atoms. The molecule has 5 atom stereocenters. The molecule has 2 fully saturated rings. The summed E-state index contributed by atoms with van der Waals surface area (Å²) in [6, 6.07) is 12.9. The van der Waals surface area contributed by atoms with Crippen LogP contribution in [0.5, 0.6) is 5.75 Å². The van der Waals surface area contributed by atoms with Crippen molar-refractivity contribution in [3.63, 3.8) is 0 Å². The third-order valence-corrected chi connectivity index (χ3v) is 8.27. The van der Waals surface area contributed by atoms with E-state index in [1.165, 1.54) is 27.7 Å². The third kappa shape index (κ3) is 9.92. The normalized spacial score (nSPS) is 22.9. The van der Waals surface area contributed by atoms with Crippen LogP contribution in [-0.4, -0.2) is 84.9 Å². The van der Waals surface area contributed by atoms with E-state index in [4.69, 9.17) is 40.0 Å². The molecule has 254 valence electrons. The van der Waals surface area contributed by atoms with Gasteiger partial charge in [0.2, 0.25) is 5.91 Å². The van der Waals surface area contributed by atoms with Crippen LogP contribution in [0.2, 0.25) is 5.02 Å². The fourth-order valence-corrected chi connectivity index (χ4v) is 5.97. The maximum atomic E-state index is 12.3. The average Bonchev–Trinajstić information content (AvgIpc) is 3.00. The lowest BCUT2D eigenvalue weighted by Crippen LogP contribution is -2.59. The first-order valence-corrected chi connectivity index (χ1v) is 15.8. The van der Waals surface area contributed by atoms with Gasteiger partial charge in [0.25, 0.3) is 0 Å². The molecule has 2 aliphatic rings. The highest BCUT2D eigenvalue weighted by atomic mass is 35.5. The largest absolute Gasteiger partial charge is 0.490 e. The summed E-state index contributed by atoms with van der Waals surface area (Å²) in [6.45, 7) is 7.36. The summed E-state index contributed by atoms with van der Waals surface area (Å²) < 4.78 is 34.3. The van der Waals surface area contributed by atoms with Crippen LogP contribution in [0.25, 0.3) is 0 Å². The van der Waals surface area contributed by atoms with E-state index in [1.807, 2.05) is 29.2 Å². The molecule has 0 spiro atoms. The Kier molecular flexibility index (Phi) is 12.2. The van der Waals surface area contributed by atoms with Gasteiger partial charge in [-0.1, -0.05) is 35.9 Å². The van der Waals surface area contributed by atoms with Crippen molar-refractivity contribution in [1.82, 2.24) is 4.90 Å². The van der Waals surface area contributed by atoms with Crippen molar-refractivity contribution in [2.45, 2.75) is 90.5 Å². The molecule has 0 aromatic heterocycles. The number of halogens is 1. The summed E-state index contributed by atoms with van der Waals surface area (Å²) in [5, 5.41) is 0.483. The first-order valence-electron chi connectivity index (χ1n) is 15.4. The van der Waals surface area contributed by atoms with Crippen molar-refractivity contribution < 1.29 is 52.4 Å². The topological polar surface area (TPSA) is 144 Å². The molecule has 4 rings (SSSR count). The van der Waals surface area contributed by atoms with Gasteiger partial charge in [-0.3, -0.25) is 24.0 Å². The summed E-state index contributed by atoms with van der Waals surface area (Å²) in [5.74, 6) is -1.88. The van der Waals surface area contributed by atoms with Gasteiger partial charge < -0.3 is 33.3 Å². The Morgan fingerprint density at radius 2 is 1.38 bits per heavy atom. The number of carbonyl (C=O) groups is 5. The SMILES string of the molecule is CC(=O)OC[C@H]1O[C@@H](c2ccc(Cl)c(Cc3ccc(OC4CCN(C(C)=O)CC4)cc3)c2)[C@H](OC(C)=O)[C@@H](OC(C)=O)[C@@H]1OC(C)=O. The van der Waals surface area contributed by atoms with Gasteiger partial charge in [0.15, 0.2) is 18.3 Å². The zero-order valence-corrected chi connectivity index (χ0v) is 27.8. The minimum atomic E-state index is -1.28. The summed E-state index contributed by atoms with van der Waals surface area (Å²) in [4.78, 5) is 61.6. The van der Waals surface area contributed by atoms with Crippen molar-refractivity contribution in [1.29, 1.82) is 0 Å². The van der Waals surface area contributed by atoms with Gasteiger partial charge >= 0.3 is 23.9 Å². The Balaban J connectivity index is 1.58. The number of rotatable bonds is 10. The molecular formula is C34H40ClNO11. The lowest BCUT2D eigenvalue weighted by Gasteiger charge is -2.44.